The van der Waals surface area contributed by atoms with E-state index in [1.807, 2.05) is 68.7 Å². The first-order valence-corrected chi connectivity index (χ1v) is 10.3. The van der Waals surface area contributed by atoms with Gasteiger partial charge in [0.05, 0.1) is 5.56 Å². The van der Waals surface area contributed by atoms with Crippen molar-refractivity contribution in [3.8, 4) is 22.4 Å². The molecule has 0 bridgehead atoms. The highest BCUT2D eigenvalue weighted by molar-refractivity contribution is 6.11. The predicted molar refractivity (Wildman–Crippen MR) is 123 cm³/mol. The fraction of sp³-hybridized carbons (Fsp3) is 0.179. The average Bonchev–Trinajstić information content (AvgIpc) is 3.27. The summed E-state index contributed by atoms with van der Waals surface area (Å²) in [5.41, 5.74) is 7.41. The lowest BCUT2D eigenvalue weighted by Crippen LogP contribution is -2.30. The fourth-order valence-electron chi connectivity index (χ4n) is 5.02. The molecule has 0 saturated heterocycles. The molecule has 0 amide bonds. The molecule has 2 heterocycles. The zero-order valence-electron chi connectivity index (χ0n) is 20.3. The van der Waals surface area contributed by atoms with E-state index in [2.05, 4.69) is 29.7 Å². The molecule has 2 nitrogen and oxygen atoms in total. The lowest BCUT2D eigenvalue weighted by Gasteiger charge is -2.21. The van der Waals surface area contributed by atoms with Gasteiger partial charge in [-0.3, -0.25) is 0 Å². The lowest BCUT2D eigenvalue weighted by atomic mass is 9.82. The number of pyridine rings is 1. The number of rotatable bonds is 1. The monoisotopic (exact) mass is 393 g/mol. The Morgan fingerprint density at radius 2 is 1.73 bits per heavy atom. The van der Waals surface area contributed by atoms with E-state index in [1.165, 1.54) is 0 Å². The minimum atomic E-state index is -2.18. The van der Waals surface area contributed by atoms with Crippen LogP contribution in [0.15, 0.2) is 77.3 Å². The van der Waals surface area contributed by atoms with Crippen molar-refractivity contribution in [1.82, 2.24) is 0 Å². The summed E-state index contributed by atoms with van der Waals surface area (Å²) in [5, 5.41) is 1.95. The molecule has 146 valence electrons. The number of nitrogens with zero attached hydrogens (tertiary/aromatic N) is 1. The first-order valence-electron chi connectivity index (χ1n) is 11.8. The third-order valence-electron chi connectivity index (χ3n) is 6.59. The first-order chi connectivity index (χ1) is 15.7. The van der Waals surface area contributed by atoms with Crippen molar-refractivity contribution in [1.29, 1.82) is 0 Å². The minimum absolute atomic E-state index is 0.777. The molecule has 1 unspecified atom stereocenters. The van der Waals surface area contributed by atoms with Crippen molar-refractivity contribution in [3.63, 3.8) is 0 Å². The Morgan fingerprint density at radius 3 is 2.57 bits per heavy atom. The molecular weight excluding hydrogens is 366 g/mol. The van der Waals surface area contributed by atoms with E-state index >= 15 is 0 Å². The van der Waals surface area contributed by atoms with Crippen LogP contribution >= 0.6 is 0 Å². The van der Waals surface area contributed by atoms with E-state index in [1.54, 1.807) is 0 Å². The highest BCUT2D eigenvalue weighted by Gasteiger charge is 2.36. The zero-order chi connectivity index (χ0) is 23.1. The summed E-state index contributed by atoms with van der Waals surface area (Å²) in [6, 6.07) is 22.3. The maximum Gasteiger partial charge on any atom is 0.216 e. The van der Waals surface area contributed by atoms with Crippen LogP contribution in [0.25, 0.3) is 44.3 Å². The van der Waals surface area contributed by atoms with Crippen molar-refractivity contribution in [3.05, 3.63) is 89.6 Å². The van der Waals surface area contributed by atoms with Gasteiger partial charge in [0.15, 0.2) is 6.20 Å². The molecular formula is C28H24NO+. The molecule has 0 aliphatic heterocycles. The van der Waals surface area contributed by atoms with E-state index < -0.39 is 12.3 Å². The van der Waals surface area contributed by atoms with Gasteiger partial charge in [0.1, 0.15) is 18.2 Å². The van der Waals surface area contributed by atoms with Crippen LogP contribution in [0.2, 0.25) is 0 Å². The summed E-state index contributed by atoms with van der Waals surface area (Å²) in [6.45, 7) is 1.76. The molecule has 0 spiro atoms. The van der Waals surface area contributed by atoms with Gasteiger partial charge in [0, 0.05) is 32.4 Å². The second-order valence-electron chi connectivity index (χ2n) is 8.50. The molecule has 3 aromatic carbocycles. The smallest absolute Gasteiger partial charge is 0.216 e. The van der Waals surface area contributed by atoms with Gasteiger partial charge in [-0.1, -0.05) is 50.2 Å². The Hall–Kier alpha value is -3.39. The summed E-state index contributed by atoms with van der Waals surface area (Å²) in [4.78, 5) is 0. The Bertz CT molecular complexity index is 1590. The maximum absolute atomic E-state index is 8.43. The number of aromatic nitrogens is 1. The topological polar surface area (TPSA) is 17.0 Å². The minimum Gasteiger partial charge on any atom is -0.455 e. The van der Waals surface area contributed by atoms with E-state index in [0.717, 1.165) is 61.0 Å². The molecule has 1 atom stereocenters. The van der Waals surface area contributed by atoms with Crippen molar-refractivity contribution in [2.75, 3.05) is 0 Å². The number of hydrogen-bond acceptors (Lipinski definition) is 1. The largest absolute Gasteiger partial charge is 0.455 e. The second kappa shape index (κ2) is 5.82. The van der Waals surface area contributed by atoms with Crippen molar-refractivity contribution < 1.29 is 13.1 Å². The third-order valence-corrected chi connectivity index (χ3v) is 6.59. The molecule has 0 N–H and O–H groups in total. The maximum atomic E-state index is 8.43. The normalized spacial score (nSPS) is 19.4. The molecule has 0 saturated carbocycles. The van der Waals surface area contributed by atoms with Crippen molar-refractivity contribution in [2.45, 2.75) is 26.1 Å². The quantitative estimate of drug-likeness (QED) is 0.290. The number of benzene rings is 3. The molecule has 1 aliphatic rings. The Labute approximate surface area is 180 Å². The Balaban J connectivity index is 1.72. The van der Waals surface area contributed by atoms with Crippen LogP contribution < -0.4 is 4.57 Å². The van der Waals surface area contributed by atoms with Crippen LogP contribution in [0.4, 0.5) is 0 Å². The van der Waals surface area contributed by atoms with Gasteiger partial charge >= 0.3 is 0 Å². The standard InChI is InChI=1S/C28H24NO/c1-17-12-13-19-21-15-23-20(18-9-5-6-10-22(18)28(23,2)3)16-25(21)30-27(19)26(17)24-11-7-8-14-29(24)4/h5-16H,1-4H3/q+1/i2D3. The SMILES string of the molecule is [2H]C([2H])([2H])C1(C)c2ccccc2-c2cc3oc4c(-c5cccc[n+]5C)c(C)ccc4c3cc21. The molecule has 1 aliphatic carbocycles. The Morgan fingerprint density at radius 1 is 0.900 bits per heavy atom. The van der Waals surface area contributed by atoms with Crippen LogP contribution in [-0.4, -0.2) is 0 Å². The zero-order valence-corrected chi connectivity index (χ0v) is 17.3. The first kappa shape index (κ1) is 14.6. The van der Waals surface area contributed by atoms with Crippen LogP contribution in [0.1, 0.15) is 34.6 Å². The van der Waals surface area contributed by atoms with Gasteiger partial charge in [-0.25, -0.2) is 4.57 Å². The number of fused-ring (bicyclic) bond motifs is 6. The highest BCUT2D eigenvalue weighted by atomic mass is 16.3. The summed E-state index contributed by atoms with van der Waals surface area (Å²) >= 11 is 0. The number of aryl methyl sites for hydroxylation is 2. The molecule has 2 heteroatoms. The lowest BCUT2D eigenvalue weighted by molar-refractivity contribution is -0.660. The van der Waals surface area contributed by atoms with Crippen LogP contribution in [0, 0.1) is 6.92 Å². The van der Waals surface area contributed by atoms with E-state index in [4.69, 9.17) is 8.53 Å². The summed E-state index contributed by atoms with van der Waals surface area (Å²) < 4.78 is 33.9. The molecule has 0 fully saturated rings. The van der Waals surface area contributed by atoms with Gasteiger partial charge in [0.2, 0.25) is 5.69 Å². The molecule has 0 radical (unpaired) electrons. The molecule has 5 aromatic rings. The predicted octanol–water partition coefficient (Wildman–Crippen LogP) is 6.69. The molecule has 6 rings (SSSR count). The van der Waals surface area contributed by atoms with E-state index in [0.29, 0.717) is 0 Å². The van der Waals surface area contributed by atoms with Gasteiger partial charge in [-0.05, 0) is 52.9 Å². The molecule has 2 aromatic heterocycles. The summed E-state index contributed by atoms with van der Waals surface area (Å²) in [6.07, 6.45) is 2.03. The summed E-state index contributed by atoms with van der Waals surface area (Å²) in [7, 11) is 2.03. The molecule has 30 heavy (non-hydrogen) atoms. The van der Waals surface area contributed by atoms with Gasteiger partial charge in [0.25, 0.3) is 0 Å². The number of hydrogen-bond donors (Lipinski definition) is 0. The third kappa shape index (κ3) is 2.16. The summed E-state index contributed by atoms with van der Waals surface area (Å²) in [5.74, 6) is 0. The van der Waals surface area contributed by atoms with Crippen LogP contribution in [-0.2, 0) is 12.5 Å². The van der Waals surface area contributed by atoms with Crippen LogP contribution in [0.5, 0.6) is 0 Å². The van der Waals surface area contributed by atoms with E-state index in [-0.39, 0.29) is 0 Å². The highest BCUT2D eigenvalue weighted by Crippen LogP contribution is 2.51. The van der Waals surface area contributed by atoms with Gasteiger partial charge in [-0.2, -0.15) is 0 Å². The van der Waals surface area contributed by atoms with Gasteiger partial charge in [-0.15, -0.1) is 0 Å². The van der Waals surface area contributed by atoms with Crippen molar-refractivity contribution in [2.24, 2.45) is 7.05 Å². The average molecular weight is 394 g/mol. The van der Waals surface area contributed by atoms with Crippen molar-refractivity contribution >= 4 is 21.9 Å². The number of furan rings is 1. The second-order valence-corrected chi connectivity index (χ2v) is 8.50. The fourth-order valence-corrected chi connectivity index (χ4v) is 5.02. The van der Waals surface area contributed by atoms with Crippen LogP contribution in [0.3, 0.4) is 0 Å². The van der Waals surface area contributed by atoms with Gasteiger partial charge < -0.3 is 4.42 Å². The van der Waals surface area contributed by atoms with E-state index in [9.17, 15) is 0 Å². The Kier molecular flexibility index (Phi) is 2.83.